The van der Waals surface area contributed by atoms with Gasteiger partial charge in [0.1, 0.15) is 6.61 Å². The van der Waals surface area contributed by atoms with Crippen LogP contribution in [0, 0.1) is 5.41 Å². The molecular weight excluding hydrogens is 190 g/mol. The number of aliphatic hydroxyl groups is 1. The summed E-state index contributed by atoms with van der Waals surface area (Å²) in [6.07, 6.45) is 5.84. The van der Waals surface area contributed by atoms with Crippen LogP contribution in [0.4, 0.5) is 0 Å². The van der Waals surface area contributed by atoms with Gasteiger partial charge in [-0.05, 0) is 18.3 Å². The summed E-state index contributed by atoms with van der Waals surface area (Å²) in [5.41, 5.74) is 0.453. The van der Waals surface area contributed by atoms with E-state index < -0.39 is 6.61 Å². The summed E-state index contributed by atoms with van der Waals surface area (Å²) in [7, 11) is 0. The van der Waals surface area contributed by atoms with E-state index in [1.165, 1.54) is 19.3 Å². The van der Waals surface area contributed by atoms with Crippen molar-refractivity contribution in [2.24, 2.45) is 5.41 Å². The van der Waals surface area contributed by atoms with E-state index in [0.717, 1.165) is 12.8 Å². The van der Waals surface area contributed by atoms with Crippen LogP contribution in [-0.2, 0) is 4.79 Å². The van der Waals surface area contributed by atoms with Crippen LogP contribution in [0.25, 0.3) is 0 Å². The molecule has 0 unspecified atom stereocenters. The molecule has 0 aromatic heterocycles. The molecule has 0 rings (SSSR count). The predicted molar refractivity (Wildman–Crippen MR) is 62.6 cm³/mol. The van der Waals surface area contributed by atoms with Gasteiger partial charge in [0.15, 0.2) is 0 Å². The van der Waals surface area contributed by atoms with Gasteiger partial charge in [-0.25, -0.2) is 0 Å². The van der Waals surface area contributed by atoms with Gasteiger partial charge in [0.05, 0.1) is 0 Å². The largest absolute Gasteiger partial charge is 0.387 e. The predicted octanol–water partition coefficient (Wildman–Crippen LogP) is 2.09. The maximum atomic E-state index is 10.7. The number of amides is 1. The summed E-state index contributed by atoms with van der Waals surface area (Å²) in [5, 5.41) is 11.1. The average Bonchev–Trinajstić information content (AvgIpc) is 2.22. The molecule has 2 N–H and O–H groups in total. The quantitative estimate of drug-likeness (QED) is 0.609. The van der Waals surface area contributed by atoms with Gasteiger partial charge in [0.2, 0.25) is 5.91 Å². The number of unbranched alkanes of at least 4 members (excludes halogenated alkanes) is 2. The van der Waals surface area contributed by atoms with Crippen molar-refractivity contribution >= 4 is 5.91 Å². The molecule has 0 aromatic carbocycles. The Labute approximate surface area is 93.3 Å². The number of carbonyl (C=O) groups is 1. The highest BCUT2D eigenvalue weighted by Crippen LogP contribution is 2.26. The third-order valence-corrected chi connectivity index (χ3v) is 2.95. The topological polar surface area (TPSA) is 49.3 Å². The van der Waals surface area contributed by atoms with Crippen molar-refractivity contribution in [3.63, 3.8) is 0 Å². The number of aliphatic hydroxyl groups excluding tert-OH is 1. The minimum Gasteiger partial charge on any atom is -0.387 e. The first-order chi connectivity index (χ1) is 7.02. The Hall–Kier alpha value is -0.570. The standard InChI is InChI=1S/C12H25NO2/c1-4-12(2,3)8-6-5-7-9-13-11(15)10-14/h14H,4-10H2,1-3H3,(H,13,15). The molecule has 15 heavy (non-hydrogen) atoms. The van der Waals surface area contributed by atoms with Crippen molar-refractivity contribution in [3.8, 4) is 0 Å². The number of carbonyl (C=O) groups excluding carboxylic acids is 1. The molecule has 0 aliphatic rings. The molecular formula is C12H25NO2. The Morgan fingerprint density at radius 3 is 2.47 bits per heavy atom. The number of hydrogen-bond donors (Lipinski definition) is 2. The van der Waals surface area contributed by atoms with Gasteiger partial charge in [0, 0.05) is 6.54 Å². The molecule has 0 bridgehead atoms. The molecule has 3 heteroatoms. The minimum absolute atomic E-state index is 0.274. The number of hydrogen-bond acceptors (Lipinski definition) is 2. The summed E-state index contributed by atoms with van der Waals surface area (Å²) in [6, 6.07) is 0. The molecule has 0 fully saturated rings. The van der Waals surface area contributed by atoms with E-state index in [1.54, 1.807) is 0 Å². The molecule has 0 heterocycles. The number of rotatable bonds is 8. The van der Waals surface area contributed by atoms with Crippen LogP contribution in [0.15, 0.2) is 0 Å². The fraction of sp³-hybridized carbons (Fsp3) is 0.917. The van der Waals surface area contributed by atoms with Crippen molar-refractivity contribution in [2.45, 2.75) is 52.9 Å². The van der Waals surface area contributed by atoms with Gasteiger partial charge in [0.25, 0.3) is 0 Å². The van der Waals surface area contributed by atoms with Gasteiger partial charge in [-0.1, -0.05) is 40.0 Å². The van der Waals surface area contributed by atoms with E-state index in [1.807, 2.05) is 0 Å². The second-order valence-corrected chi connectivity index (χ2v) is 4.84. The smallest absolute Gasteiger partial charge is 0.245 e. The van der Waals surface area contributed by atoms with Crippen molar-refractivity contribution in [2.75, 3.05) is 13.2 Å². The van der Waals surface area contributed by atoms with E-state index in [0.29, 0.717) is 12.0 Å². The van der Waals surface area contributed by atoms with Crippen LogP contribution in [0.5, 0.6) is 0 Å². The van der Waals surface area contributed by atoms with Crippen LogP contribution in [0.1, 0.15) is 52.9 Å². The van der Waals surface area contributed by atoms with E-state index >= 15 is 0 Å². The summed E-state index contributed by atoms with van der Waals surface area (Å²) in [4.78, 5) is 10.7. The maximum absolute atomic E-state index is 10.7. The van der Waals surface area contributed by atoms with E-state index in [9.17, 15) is 4.79 Å². The Morgan fingerprint density at radius 2 is 1.93 bits per heavy atom. The molecule has 90 valence electrons. The lowest BCUT2D eigenvalue weighted by atomic mass is 9.84. The first kappa shape index (κ1) is 14.4. The lowest BCUT2D eigenvalue weighted by molar-refractivity contribution is -0.123. The average molecular weight is 215 g/mol. The monoisotopic (exact) mass is 215 g/mol. The minimum atomic E-state index is -0.400. The first-order valence-electron chi connectivity index (χ1n) is 5.89. The zero-order valence-electron chi connectivity index (χ0n) is 10.3. The Bertz CT molecular complexity index is 178. The van der Waals surface area contributed by atoms with Crippen LogP contribution < -0.4 is 5.32 Å². The molecule has 0 spiro atoms. The highest BCUT2D eigenvalue weighted by molar-refractivity contribution is 5.76. The molecule has 0 aliphatic heterocycles. The van der Waals surface area contributed by atoms with Crippen LogP contribution in [0.3, 0.4) is 0 Å². The highest BCUT2D eigenvalue weighted by atomic mass is 16.3. The van der Waals surface area contributed by atoms with Crippen molar-refractivity contribution in [3.05, 3.63) is 0 Å². The van der Waals surface area contributed by atoms with Gasteiger partial charge in [-0.3, -0.25) is 4.79 Å². The summed E-state index contributed by atoms with van der Waals surface area (Å²) < 4.78 is 0. The summed E-state index contributed by atoms with van der Waals surface area (Å²) >= 11 is 0. The van der Waals surface area contributed by atoms with Gasteiger partial charge < -0.3 is 10.4 Å². The molecule has 0 aromatic rings. The second kappa shape index (κ2) is 7.69. The van der Waals surface area contributed by atoms with E-state index in [2.05, 4.69) is 26.1 Å². The van der Waals surface area contributed by atoms with Gasteiger partial charge >= 0.3 is 0 Å². The second-order valence-electron chi connectivity index (χ2n) is 4.84. The molecule has 0 aliphatic carbocycles. The summed E-state index contributed by atoms with van der Waals surface area (Å²) in [5.74, 6) is -0.274. The third-order valence-electron chi connectivity index (χ3n) is 2.95. The van der Waals surface area contributed by atoms with Gasteiger partial charge in [-0.2, -0.15) is 0 Å². The van der Waals surface area contributed by atoms with E-state index in [-0.39, 0.29) is 5.91 Å². The fourth-order valence-electron chi connectivity index (χ4n) is 1.37. The van der Waals surface area contributed by atoms with Crippen molar-refractivity contribution < 1.29 is 9.90 Å². The summed E-state index contributed by atoms with van der Waals surface area (Å²) in [6.45, 7) is 7.09. The SMILES string of the molecule is CCC(C)(C)CCCCCNC(=O)CO. The molecule has 0 radical (unpaired) electrons. The van der Waals surface area contributed by atoms with E-state index in [4.69, 9.17) is 5.11 Å². The fourth-order valence-corrected chi connectivity index (χ4v) is 1.37. The lowest BCUT2D eigenvalue weighted by Crippen LogP contribution is -2.27. The van der Waals surface area contributed by atoms with Crippen LogP contribution in [0.2, 0.25) is 0 Å². The molecule has 3 nitrogen and oxygen atoms in total. The zero-order valence-corrected chi connectivity index (χ0v) is 10.3. The third kappa shape index (κ3) is 8.43. The molecule has 1 amide bonds. The van der Waals surface area contributed by atoms with Crippen LogP contribution in [-0.4, -0.2) is 24.2 Å². The van der Waals surface area contributed by atoms with Crippen molar-refractivity contribution in [1.29, 1.82) is 0 Å². The Morgan fingerprint density at radius 1 is 1.27 bits per heavy atom. The normalized spacial score (nSPS) is 11.5. The van der Waals surface area contributed by atoms with Crippen molar-refractivity contribution in [1.82, 2.24) is 5.32 Å². The maximum Gasteiger partial charge on any atom is 0.245 e. The Balaban J connectivity index is 3.29. The number of nitrogens with one attached hydrogen (secondary N) is 1. The Kier molecular flexibility index (Phi) is 7.39. The molecule has 0 saturated carbocycles. The molecule has 0 atom stereocenters. The highest BCUT2D eigenvalue weighted by Gasteiger charge is 2.13. The zero-order chi connectivity index (χ0) is 11.7. The first-order valence-corrected chi connectivity index (χ1v) is 5.89. The molecule has 0 saturated heterocycles. The van der Waals surface area contributed by atoms with Gasteiger partial charge in [-0.15, -0.1) is 0 Å². The van der Waals surface area contributed by atoms with Crippen LogP contribution >= 0.6 is 0 Å². The lowest BCUT2D eigenvalue weighted by Gasteiger charge is -2.22.